The highest BCUT2D eigenvalue weighted by atomic mass is 16.4. The summed E-state index contributed by atoms with van der Waals surface area (Å²) in [5.74, 6) is -4.78. The first-order valence-corrected chi connectivity index (χ1v) is 30.2. The number of hydrogen-bond acceptors (Lipinski definition) is 17. The van der Waals surface area contributed by atoms with Crippen LogP contribution in [0.15, 0.2) is 77.8 Å². The number of anilines is 1. The lowest BCUT2D eigenvalue weighted by Crippen LogP contribution is -2.50. The number of rotatable bonds is 34. The Balaban J connectivity index is 1.10. The summed E-state index contributed by atoms with van der Waals surface area (Å²) in [7, 11) is 0. The van der Waals surface area contributed by atoms with Gasteiger partial charge in [-0.25, -0.2) is 4.79 Å². The zero-order valence-corrected chi connectivity index (χ0v) is 50.8. The summed E-state index contributed by atoms with van der Waals surface area (Å²) in [5.41, 5.74) is 16.5. The third-order valence-corrected chi connectivity index (χ3v) is 14.9. The number of urea groups is 1. The molecule has 5 rings (SSSR count). The molecule has 1 saturated heterocycles. The van der Waals surface area contributed by atoms with Gasteiger partial charge < -0.3 is 74.4 Å². The van der Waals surface area contributed by atoms with Crippen LogP contribution < -0.4 is 54.0 Å². The Labute approximate surface area is 518 Å². The summed E-state index contributed by atoms with van der Waals surface area (Å²) in [4.78, 5) is 126. The Hall–Kier alpha value is -8.48. The van der Waals surface area contributed by atoms with Crippen molar-refractivity contribution in [3.63, 3.8) is 0 Å². The minimum absolute atomic E-state index is 0.0140. The molecule has 2 aliphatic rings. The van der Waals surface area contributed by atoms with Gasteiger partial charge in [0.1, 0.15) is 17.8 Å². The third-order valence-electron chi connectivity index (χ3n) is 14.9. The lowest BCUT2D eigenvalue weighted by molar-refractivity contribution is -0.140. The first-order valence-electron chi connectivity index (χ1n) is 30.2. The maximum absolute atomic E-state index is 14.8. The van der Waals surface area contributed by atoms with E-state index in [1.54, 1.807) is 33.8 Å². The van der Waals surface area contributed by atoms with Crippen molar-refractivity contribution in [3.05, 3.63) is 95.1 Å². The van der Waals surface area contributed by atoms with Crippen molar-refractivity contribution in [2.24, 2.45) is 16.5 Å². The number of aliphatic carboxylic acids is 3. The number of carbonyl (C=O) groups excluding carboxylic acids is 6. The minimum atomic E-state index is -1.05. The Morgan fingerprint density at radius 2 is 1.10 bits per heavy atom. The molecule has 3 aromatic carbocycles. The van der Waals surface area contributed by atoms with Gasteiger partial charge in [0.15, 0.2) is 5.96 Å². The molecule has 0 spiro atoms. The van der Waals surface area contributed by atoms with E-state index in [2.05, 4.69) is 47.5 Å². The van der Waals surface area contributed by atoms with E-state index in [-0.39, 0.29) is 127 Å². The van der Waals surface area contributed by atoms with Crippen LogP contribution in [0.25, 0.3) is 0 Å². The topological polar surface area (TPSA) is 411 Å². The van der Waals surface area contributed by atoms with Crippen molar-refractivity contribution in [2.45, 2.75) is 89.6 Å². The van der Waals surface area contributed by atoms with E-state index < -0.39 is 53.9 Å². The number of nitrogens with two attached hydrogens (primary N) is 2. The standard InChI is InChI=1S/C60H90N16O13/c1-2-50(78)65-24-25-68-60(89)71-59(62)67-21-8-15-49(57(87)69-35-42-16-18-47(77)19-17-42)70-58(88)55(76-36-44-10-3-4-11-45(44)37-76)43-12-7-13-46(34-43)63-22-9-23-66-56(86)48(61)14-5-6-20-64-51(79)38-72-26-28-73(39-52(80)81)30-32-75(41-54(84)85)33-31-74(29-27-72)40-53(82)83/h3-4,7,10-13,16-19,34,48-49,55,63,77H,2,5-6,8-9,14-15,20-33,35-41,61H2,1H3,(H,64,79)(H,65,78)(H,66,86)(H,69,87)(H,70,88)(H,80,81)(H,82,83)(H,84,85)(H4,62,67,68,71,89)/t48-,49-,55+/m1/s1. The van der Waals surface area contributed by atoms with E-state index in [9.17, 15) is 63.6 Å². The molecule has 0 bridgehead atoms. The second-order valence-corrected chi connectivity index (χ2v) is 22.0. The Morgan fingerprint density at radius 3 is 1.69 bits per heavy atom. The molecule has 0 aromatic heterocycles. The van der Waals surface area contributed by atoms with Crippen LogP contribution in [0.1, 0.15) is 80.2 Å². The predicted molar refractivity (Wildman–Crippen MR) is 332 cm³/mol. The molecule has 29 nitrogen and oxygen atoms in total. The predicted octanol–water partition coefficient (Wildman–Crippen LogP) is -0.822. The second kappa shape index (κ2) is 38.7. The van der Waals surface area contributed by atoms with Crippen molar-refractivity contribution < 1.29 is 63.6 Å². The van der Waals surface area contributed by atoms with Gasteiger partial charge in [0, 0.05) is 123 Å². The van der Waals surface area contributed by atoms with Crippen LogP contribution in [0.5, 0.6) is 5.75 Å². The fourth-order valence-electron chi connectivity index (χ4n) is 10.1. The van der Waals surface area contributed by atoms with Crippen LogP contribution in [0.4, 0.5) is 10.5 Å². The van der Waals surface area contributed by atoms with Gasteiger partial charge in [-0.05, 0) is 85.0 Å². The third kappa shape index (κ3) is 27.6. The van der Waals surface area contributed by atoms with E-state index >= 15 is 0 Å². The molecule has 2 aliphatic heterocycles. The molecule has 488 valence electrons. The number of nitrogens with one attached hydrogen (secondary N) is 8. The fraction of sp³-hybridized carbons (Fsp3) is 0.533. The average Bonchev–Trinajstić information content (AvgIpc) is 2.46. The van der Waals surface area contributed by atoms with Crippen molar-refractivity contribution in [1.82, 2.24) is 61.7 Å². The van der Waals surface area contributed by atoms with Gasteiger partial charge >= 0.3 is 23.9 Å². The normalized spacial score (nSPS) is 15.8. The van der Waals surface area contributed by atoms with Gasteiger partial charge in [-0.3, -0.25) is 62.9 Å². The Kier molecular flexibility index (Phi) is 31.0. The summed E-state index contributed by atoms with van der Waals surface area (Å²) < 4.78 is 0. The Morgan fingerprint density at radius 1 is 0.551 bits per heavy atom. The molecule has 3 aromatic rings. The second-order valence-electron chi connectivity index (χ2n) is 22.0. The number of fused-ring (bicyclic) bond motifs is 1. The molecule has 16 N–H and O–H groups in total. The summed E-state index contributed by atoms with van der Waals surface area (Å²) in [5, 5.41) is 61.5. The van der Waals surface area contributed by atoms with Gasteiger partial charge in [-0.2, -0.15) is 4.99 Å². The number of phenols is 1. The molecule has 0 aliphatic carbocycles. The van der Waals surface area contributed by atoms with Crippen molar-refractivity contribution in [2.75, 3.05) is 123 Å². The van der Waals surface area contributed by atoms with E-state index in [1.807, 2.05) is 58.3 Å². The molecule has 0 radical (unpaired) electrons. The van der Waals surface area contributed by atoms with Crippen molar-refractivity contribution in [3.8, 4) is 5.75 Å². The van der Waals surface area contributed by atoms with E-state index in [4.69, 9.17) is 11.5 Å². The molecule has 89 heavy (non-hydrogen) atoms. The number of nitrogens with zero attached hydrogens (tertiary/aromatic N) is 6. The van der Waals surface area contributed by atoms with E-state index in [0.717, 1.165) is 22.4 Å². The number of aliphatic imine (C=N–C) groups is 1. The first-order chi connectivity index (χ1) is 42.7. The monoisotopic (exact) mass is 1240 g/mol. The lowest BCUT2D eigenvalue weighted by Gasteiger charge is -2.32. The maximum atomic E-state index is 14.8. The largest absolute Gasteiger partial charge is 0.508 e. The first kappa shape index (κ1) is 71.3. The van der Waals surface area contributed by atoms with Crippen molar-refractivity contribution in [1.29, 1.82) is 0 Å². The number of aromatic hydroxyl groups is 1. The summed E-state index contributed by atoms with van der Waals surface area (Å²) in [6.07, 6.45) is 2.84. The highest BCUT2D eigenvalue weighted by molar-refractivity contribution is 5.92. The van der Waals surface area contributed by atoms with Crippen LogP contribution in [0.2, 0.25) is 0 Å². The van der Waals surface area contributed by atoms with Gasteiger partial charge in [0.25, 0.3) is 0 Å². The van der Waals surface area contributed by atoms with Crippen LogP contribution in [-0.2, 0) is 58.0 Å². The number of carboxylic acid groups (broad SMARTS) is 3. The number of benzene rings is 3. The van der Waals surface area contributed by atoms with Gasteiger partial charge in [-0.1, -0.05) is 55.5 Å². The van der Waals surface area contributed by atoms with E-state index in [0.29, 0.717) is 89.9 Å². The van der Waals surface area contributed by atoms with Gasteiger partial charge in [0.2, 0.25) is 29.5 Å². The summed E-state index contributed by atoms with van der Waals surface area (Å²) >= 11 is 0. The quantitative estimate of drug-likeness (QED) is 0.0197. The number of carbonyl (C=O) groups is 9. The van der Waals surface area contributed by atoms with E-state index in [1.165, 1.54) is 12.1 Å². The average molecular weight is 1240 g/mol. The molecule has 3 atom stereocenters. The van der Waals surface area contributed by atoms with Crippen LogP contribution in [0, 0.1) is 0 Å². The maximum Gasteiger partial charge on any atom is 0.344 e. The number of carboxylic acids is 3. The number of amides is 7. The molecule has 7 amide bonds. The zero-order chi connectivity index (χ0) is 64.5. The number of hydrogen-bond donors (Lipinski definition) is 14. The highest BCUT2D eigenvalue weighted by Gasteiger charge is 2.35. The van der Waals surface area contributed by atoms with Gasteiger partial charge in [-0.15, -0.1) is 0 Å². The summed E-state index contributed by atoms with van der Waals surface area (Å²) in [6, 6.07) is 18.5. The Bertz CT molecular complexity index is 2770. The molecule has 2 heterocycles. The molecule has 0 unspecified atom stereocenters. The minimum Gasteiger partial charge on any atom is -0.508 e. The van der Waals surface area contributed by atoms with Crippen LogP contribution >= 0.6 is 0 Å². The fourth-order valence-corrected chi connectivity index (χ4v) is 10.1. The van der Waals surface area contributed by atoms with Gasteiger partial charge in [0.05, 0.1) is 32.2 Å². The SMILES string of the molecule is CCC(=O)NCCNC(=O)/N=C(/N)NCCC[C@@H](NC(=O)[C@H](c1cccc(NCCCNC(=O)[C@H](N)CCCCNC(=O)CN2CCN(CC(=O)O)CCN(CC(=O)O)CCN(CC(=O)O)CC2)c1)N1Cc2ccccc2C1)C(=O)NCc1ccc(O)cc1. The molecule has 1 fully saturated rings. The molecular weight excluding hydrogens is 1150 g/mol. The smallest absolute Gasteiger partial charge is 0.344 e. The molecule has 0 saturated carbocycles. The summed E-state index contributed by atoms with van der Waals surface area (Å²) in [6.45, 7) is 5.94. The highest BCUT2D eigenvalue weighted by Crippen LogP contribution is 2.33. The molecule has 29 heteroatoms. The molecular formula is C60H90N16O13. The number of phenolic OH excluding ortho intramolecular Hbond substituents is 1. The van der Waals surface area contributed by atoms with Crippen LogP contribution in [0.3, 0.4) is 0 Å². The van der Waals surface area contributed by atoms with Crippen molar-refractivity contribution >= 4 is 65.1 Å². The van der Waals surface area contributed by atoms with Crippen LogP contribution in [-0.4, -0.2) is 234 Å². The number of unbranched alkanes of at least 4 members (excludes halogenated alkanes) is 1. The zero-order valence-electron chi connectivity index (χ0n) is 50.8. The lowest BCUT2D eigenvalue weighted by atomic mass is 10.0. The number of guanidine groups is 1.